The van der Waals surface area contributed by atoms with Crippen molar-refractivity contribution in [1.29, 1.82) is 0 Å². The lowest BCUT2D eigenvalue weighted by Crippen LogP contribution is -2.36. The van der Waals surface area contributed by atoms with Gasteiger partial charge in [-0.2, -0.15) is 0 Å². The van der Waals surface area contributed by atoms with Crippen molar-refractivity contribution in [3.63, 3.8) is 0 Å². The molecule has 3 aromatic carbocycles. The molecule has 4 aromatic rings. The summed E-state index contributed by atoms with van der Waals surface area (Å²) in [6.45, 7) is -0.385. The Balaban J connectivity index is 1.60. The highest BCUT2D eigenvalue weighted by atomic mass is 16.6. The first kappa shape index (κ1) is 23.2. The second-order valence-corrected chi connectivity index (χ2v) is 8.13. The van der Waals surface area contributed by atoms with E-state index in [2.05, 4.69) is 0 Å². The van der Waals surface area contributed by atoms with Crippen LogP contribution < -0.4 is 24.4 Å². The largest absolute Gasteiger partial charge is 0.508 e. The van der Waals surface area contributed by atoms with Crippen molar-refractivity contribution in [2.24, 2.45) is 0 Å². The average molecular weight is 494 g/mol. The number of aliphatic hydroxyl groups excluding tert-OH is 1. The van der Waals surface area contributed by atoms with E-state index < -0.39 is 23.4 Å². The van der Waals surface area contributed by atoms with Crippen LogP contribution in [0.5, 0.6) is 40.2 Å². The number of phenolic OH excluding ortho intramolecular Hbond substituents is 3. The molecule has 0 amide bonds. The smallest absolute Gasteiger partial charge is 0.204 e. The zero-order valence-corrected chi connectivity index (χ0v) is 19.2. The van der Waals surface area contributed by atoms with Crippen LogP contribution in [0.4, 0.5) is 0 Å². The molecule has 10 heteroatoms. The van der Waals surface area contributed by atoms with Crippen molar-refractivity contribution in [2.75, 3.05) is 20.8 Å². The molecule has 0 radical (unpaired) electrons. The van der Waals surface area contributed by atoms with Crippen molar-refractivity contribution in [1.82, 2.24) is 0 Å². The normalized spacial score (nSPS) is 16.6. The first-order valence-corrected chi connectivity index (χ1v) is 10.9. The molecule has 1 unspecified atom stereocenters. The van der Waals surface area contributed by atoms with Crippen LogP contribution in [0, 0.1) is 0 Å². The molecule has 0 aliphatic carbocycles. The van der Waals surface area contributed by atoms with Gasteiger partial charge in [-0.3, -0.25) is 4.79 Å². The molecular weight excluding hydrogens is 472 g/mol. The number of ether oxygens (including phenoxy) is 4. The number of hydrogen-bond acceptors (Lipinski definition) is 10. The van der Waals surface area contributed by atoms with E-state index in [1.807, 2.05) is 0 Å². The van der Waals surface area contributed by atoms with E-state index in [-0.39, 0.29) is 57.8 Å². The summed E-state index contributed by atoms with van der Waals surface area (Å²) in [5.74, 6) is 0.456. The van der Waals surface area contributed by atoms with Gasteiger partial charge in [-0.15, -0.1) is 0 Å². The van der Waals surface area contributed by atoms with E-state index in [1.54, 1.807) is 24.3 Å². The second-order valence-electron chi connectivity index (χ2n) is 8.13. The third-order valence-corrected chi connectivity index (χ3v) is 5.89. The molecule has 1 aliphatic heterocycles. The fraction of sp³-hybridized carbons (Fsp3) is 0.192. The van der Waals surface area contributed by atoms with Crippen molar-refractivity contribution in [2.45, 2.75) is 12.2 Å². The molecule has 186 valence electrons. The van der Waals surface area contributed by atoms with Crippen molar-refractivity contribution < 1.29 is 43.8 Å². The number of aliphatic hydroxyl groups is 1. The Bertz CT molecular complexity index is 1520. The highest BCUT2D eigenvalue weighted by Gasteiger charge is 2.35. The number of aromatic hydroxyl groups is 3. The number of phenols is 3. The Labute approximate surface area is 204 Å². The summed E-state index contributed by atoms with van der Waals surface area (Å²) < 4.78 is 28.7. The summed E-state index contributed by atoms with van der Waals surface area (Å²) in [6, 6.07) is 11.3. The third kappa shape index (κ3) is 3.87. The van der Waals surface area contributed by atoms with Gasteiger partial charge in [0.2, 0.25) is 5.75 Å². The van der Waals surface area contributed by atoms with Gasteiger partial charge in [0.1, 0.15) is 28.2 Å². The second kappa shape index (κ2) is 8.90. The number of rotatable bonds is 5. The van der Waals surface area contributed by atoms with Gasteiger partial charge in [-0.1, -0.05) is 6.07 Å². The maximum atomic E-state index is 12.7. The fourth-order valence-corrected chi connectivity index (χ4v) is 4.19. The quantitative estimate of drug-likeness (QED) is 0.325. The van der Waals surface area contributed by atoms with E-state index >= 15 is 0 Å². The summed E-state index contributed by atoms with van der Waals surface area (Å²) >= 11 is 0. The summed E-state index contributed by atoms with van der Waals surface area (Å²) in [5.41, 5.74) is 0.490. The molecule has 1 aliphatic rings. The maximum Gasteiger partial charge on any atom is 0.204 e. The molecule has 0 saturated carbocycles. The van der Waals surface area contributed by atoms with Crippen LogP contribution in [0.3, 0.4) is 0 Å². The van der Waals surface area contributed by atoms with Gasteiger partial charge in [0.15, 0.2) is 40.6 Å². The Morgan fingerprint density at radius 3 is 2.39 bits per heavy atom. The predicted octanol–water partition coefficient (Wildman–Crippen LogP) is 3.47. The van der Waals surface area contributed by atoms with E-state index in [1.165, 1.54) is 32.4 Å². The Kier molecular flexibility index (Phi) is 5.73. The molecule has 36 heavy (non-hydrogen) atoms. The highest BCUT2D eigenvalue weighted by Crippen LogP contribution is 2.48. The zero-order chi connectivity index (χ0) is 25.6. The molecule has 4 N–H and O–H groups in total. The Morgan fingerprint density at radius 1 is 0.889 bits per heavy atom. The Morgan fingerprint density at radius 2 is 1.67 bits per heavy atom. The van der Waals surface area contributed by atoms with Gasteiger partial charge in [-0.05, 0) is 24.3 Å². The molecule has 0 saturated heterocycles. The molecule has 1 aromatic heterocycles. The van der Waals surface area contributed by atoms with E-state index in [0.717, 1.165) is 6.07 Å². The molecular formula is C26H22O10. The molecule has 2 heterocycles. The van der Waals surface area contributed by atoms with Crippen molar-refractivity contribution >= 4 is 11.0 Å². The van der Waals surface area contributed by atoms with Crippen LogP contribution in [-0.4, -0.2) is 47.4 Å². The molecule has 2 atom stereocenters. The number of benzene rings is 3. The van der Waals surface area contributed by atoms with Gasteiger partial charge in [0.05, 0.1) is 20.8 Å². The lowest BCUT2D eigenvalue weighted by atomic mass is 10.0. The van der Waals surface area contributed by atoms with Crippen molar-refractivity contribution in [3.8, 4) is 51.6 Å². The first-order valence-electron chi connectivity index (χ1n) is 10.9. The van der Waals surface area contributed by atoms with Gasteiger partial charge in [0.25, 0.3) is 0 Å². The minimum atomic E-state index is -0.816. The van der Waals surface area contributed by atoms with Gasteiger partial charge >= 0.3 is 0 Å². The first-order chi connectivity index (χ1) is 17.3. The third-order valence-electron chi connectivity index (χ3n) is 5.89. The maximum absolute atomic E-state index is 12.7. The molecule has 5 rings (SSSR count). The average Bonchev–Trinajstić information content (AvgIpc) is 2.86. The Hall–Kier alpha value is -4.57. The van der Waals surface area contributed by atoms with Crippen LogP contribution in [0.25, 0.3) is 22.3 Å². The number of fused-ring (bicyclic) bond motifs is 2. The number of methoxy groups -OCH3 is 2. The monoisotopic (exact) mass is 494 g/mol. The minimum Gasteiger partial charge on any atom is -0.508 e. The van der Waals surface area contributed by atoms with Gasteiger partial charge < -0.3 is 43.8 Å². The van der Waals surface area contributed by atoms with Crippen LogP contribution >= 0.6 is 0 Å². The summed E-state index contributed by atoms with van der Waals surface area (Å²) in [6.07, 6.45) is -1.56. The van der Waals surface area contributed by atoms with E-state index in [0.29, 0.717) is 11.1 Å². The summed E-state index contributed by atoms with van der Waals surface area (Å²) in [5, 5.41) is 39.7. The fourth-order valence-electron chi connectivity index (χ4n) is 4.19. The molecule has 10 nitrogen and oxygen atoms in total. The highest BCUT2D eigenvalue weighted by molar-refractivity contribution is 5.86. The van der Waals surface area contributed by atoms with E-state index in [9.17, 15) is 25.2 Å². The molecule has 0 fully saturated rings. The van der Waals surface area contributed by atoms with Crippen LogP contribution in [0.15, 0.2) is 57.7 Å². The van der Waals surface area contributed by atoms with Crippen molar-refractivity contribution in [3.05, 3.63) is 64.3 Å². The SMILES string of the molecule is COc1cc(C2Oc3c(OC)cc(-c4cc(=O)c5c(O)cc(O)cc5o4)cc3O[C@H]2CO)ccc1O. The van der Waals surface area contributed by atoms with E-state index in [4.69, 9.17) is 23.4 Å². The molecule has 0 spiro atoms. The zero-order valence-electron chi connectivity index (χ0n) is 19.2. The summed E-state index contributed by atoms with van der Waals surface area (Å²) in [4.78, 5) is 12.7. The predicted molar refractivity (Wildman–Crippen MR) is 127 cm³/mol. The molecule has 0 bridgehead atoms. The summed E-state index contributed by atoms with van der Waals surface area (Å²) in [7, 11) is 2.86. The van der Waals surface area contributed by atoms with Gasteiger partial charge in [0, 0.05) is 29.3 Å². The lowest BCUT2D eigenvalue weighted by Gasteiger charge is -2.34. The minimum absolute atomic E-state index is 0.00145. The topological polar surface area (TPSA) is 148 Å². The van der Waals surface area contributed by atoms with Crippen LogP contribution in [-0.2, 0) is 0 Å². The lowest BCUT2D eigenvalue weighted by molar-refractivity contribution is -0.0140. The van der Waals surface area contributed by atoms with Gasteiger partial charge in [-0.25, -0.2) is 0 Å². The standard InChI is InChI=1S/C26H22O10/c1-32-19-5-12(3-4-15(19)29)25-23(11-27)35-22-7-13(6-21(33-2)26(22)36-25)18-10-17(31)24-16(30)8-14(28)9-20(24)34-18/h3-10,23,25,27-30H,11H2,1-2H3/t23-,25?/m0/s1. The van der Waals surface area contributed by atoms with Crippen LogP contribution in [0.2, 0.25) is 0 Å². The van der Waals surface area contributed by atoms with Crippen LogP contribution in [0.1, 0.15) is 11.7 Å². The number of hydrogen-bond donors (Lipinski definition) is 4.